The van der Waals surface area contributed by atoms with Crippen molar-refractivity contribution in [2.24, 2.45) is 0 Å². The monoisotopic (exact) mass is 285 g/mol. The van der Waals surface area contributed by atoms with Gasteiger partial charge in [-0.25, -0.2) is 4.39 Å². The lowest BCUT2D eigenvalue weighted by atomic mass is 9.88. The Morgan fingerprint density at radius 3 is 1.71 bits per heavy atom. The number of halogens is 1. The van der Waals surface area contributed by atoms with Crippen molar-refractivity contribution in [3.05, 3.63) is 69.0 Å². The molecule has 0 amide bonds. The predicted molar refractivity (Wildman–Crippen MR) is 87.4 cm³/mol. The van der Waals surface area contributed by atoms with Gasteiger partial charge < -0.3 is 5.32 Å². The summed E-state index contributed by atoms with van der Waals surface area (Å²) in [5, 5.41) is 3.39. The number of hydrogen-bond acceptors (Lipinski definition) is 1. The molecule has 0 fully saturated rings. The lowest BCUT2D eigenvalue weighted by Crippen LogP contribution is -2.20. The molecule has 0 aliphatic carbocycles. The van der Waals surface area contributed by atoms with Crippen molar-refractivity contribution in [3.63, 3.8) is 0 Å². The minimum Gasteiger partial charge on any atom is -0.309 e. The van der Waals surface area contributed by atoms with Gasteiger partial charge in [0.1, 0.15) is 5.82 Å². The average Bonchev–Trinajstić information content (AvgIpc) is 2.39. The molecular formula is C19H24FN. The van der Waals surface area contributed by atoms with Crippen molar-refractivity contribution in [1.82, 2.24) is 5.32 Å². The van der Waals surface area contributed by atoms with E-state index in [4.69, 9.17) is 0 Å². The van der Waals surface area contributed by atoms with Gasteiger partial charge in [0.2, 0.25) is 0 Å². The fourth-order valence-corrected chi connectivity index (χ4v) is 3.27. The van der Waals surface area contributed by atoms with E-state index in [0.717, 1.165) is 5.56 Å². The highest BCUT2D eigenvalue weighted by atomic mass is 19.1. The molecule has 1 N–H and O–H groups in total. The molecule has 1 atom stereocenters. The van der Waals surface area contributed by atoms with Crippen molar-refractivity contribution >= 4 is 0 Å². The van der Waals surface area contributed by atoms with Crippen LogP contribution >= 0.6 is 0 Å². The zero-order valence-electron chi connectivity index (χ0n) is 13.8. The van der Waals surface area contributed by atoms with Crippen LogP contribution in [0.1, 0.15) is 45.0 Å². The third kappa shape index (κ3) is 3.01. The quantitative estimate of drug-likeness (QED) is 0.863. The Labute approximate surface area is 127 Å². The molecule has 2 heteroatoms. The van der Waals surface area contributed by atoms with Crippen LogP contribution in [0.3, 0.4) is 0 Å². The van der Waals surface area contributed by atoms with Crippen LogP contribution in [0.15, 0.2) is 24.3 Å². The molecule has 0 aromatic heterocycles. The number of aryl methyl sites for hydroxylation is 5. The van der Waals surface area contributed by atoms with Crippen LogP contribution in [-0.4, -0.2) is 7.05 Å². The largest absolute Gasteiger partial charge is 0.309 e. The van der Waals surface area contributed by atoms with E-state index in [9.17, 15) is 4.39 Å². The maximum absolute atomic E-state index is 13.9. The van der Waals surface area contributed by atoms with Gasteiger partial charge in [-0.15, -0.1) is 0 Å². The van der Waals surface area contributed by atoms with Gasteiger partial charge in [-0.1, -0.05) is 29.8 Å². The van der Waals surface area contributed by atoms with Gasteiger partial charge in [-0.2, -0.15) is 0 Å². The summed E-state index contributed by atoms with van der Waals surface area (Å²) < 4.78 is 13.9. The Morgan fingerprint density at radius 2 is 1.29 bits per heavy atom. The summed E-state index contributed by atoms with van der Waals surface area (Å²) in [5.74, 6) is -0.106. The van der Waals surface area contributed by atoms with Crippen LogP contribution in [0, 0.1) is 40.4 Å². The Hall–Kier alpha value is -1.67. The van der Waals surface area contributed by atoms with Crippen molar-refractivity contribution in [2.75, 3.05) is 7.05 Å². The van der Waals surface area contributed by atoms with E-state index in [-0.39, 0.29) is 11.9 Å². The van der Waals surface area contributed by atoms with Crippen LogP contribution in [0.2, 0.25) is 0 Å². The molecule has 0 saturated carbocycles. The molecule has 21 heavy (non-hydrogen) atoms. The van der Waals surface area contributed by atoms with Crippen LogP contribution < -0.4 is 5.32 Å². The SMILES string of the molecule is CNC(c1cc(C)c(F)c(C)c1)c1c(C)cc(C)cc1C. The maximum Gasteiger partial charge on any atom is 0.129 e. The predicted octanol–water partition coefficient (Wildman–Crippen LogP) is 4.68. The summed E-state index contributed by atoms with van der Waals surface area (Å²) in [5.41, 5.74) is 7.62. The van der Waals surface area contributed by atoms with Crippen LogP contribution in [0.5, 0.6) is 0 Å². The normalized spacial score (nSPS) is 12.5. The molecule has 0 aliphatic rings. The standard InChI is InChI=1S/C19H24FN/c1-11-7-12(2)17(13(3)8-11)19(21-6)16-9-14(4)18(20)15(5)10-16/h7-10,19,21H,1-6H3. The minimum absolute atomic E-state index is 0.0867. The maximum atomic E-state index is 13.9. The smallest absolute Gasteiger partial charge is 0.129 e. The van der Waals surface area contributed by atoms with Crippen molar-refractivity contribution in [1.29, 1.82) is 0 Å². The number of rotatable bonds is 3. The summed E-state index contributed by atoms with van der Waals surface area (Å²) in [4.78, 5) is 0. The van der Waals surface area contributed by atoms with Crippen molar-refractivity contribution in [2.45, 2.75) is 40.7 Å². The zero-order valence-corrected chi connectivity index (χ0v) is 13.8. The van der Waals surface area contributed by atoms with Gasteiger partial charge >= 0.3 is 0 Å². The molecule has 1 nitrogen and oxygen atoms in total. The number of hydrogen-bond donors (Lipinski definition) is 1. The summed E-state index contributed by atoms with van der Waals surface area (Å²) in [6.45, 7) is 10.1. The van der Waals surface area contributed by atoms with E-state index in [1.54, 1.807) is 0 Å². The molecule has 2 aromatic carbocycles. The summed E-state index contributed by atoms with van der Waals surface area (Å²) >= 11 is 0. The Bertz CT molecular complexity index is 627. The van der Waals surface area contributed by atoms with Gasteiger partial charge in [0.05, 0.1) is 6.04 Å². The van der Waals surface area contributed by atoms with E-state index in [1.807, 2.05) is 33.0 Å². The third-order valence-corrected chi connectivity index (χ3v) is 4.11. The highest BCUT2D eigenvalue weighted by Crippen LogP contribution is 2.30. The van der Waals surface area contributed by atoms with Crippen LogP contribution in [0.25, 0.3) is 0 Å². The van der Waals surface area contributed by atoms with Gasteiger partial charge in [-0.05, 0) is 75.0 Å². The van der Waals surface area contributed by atoms with Gasteiger partial charge in [0.25, 0.3) is 0 Å². The number of benzene rings is 2. The van der Waals surface area contributed by atoms with Crippen molar-refractivity contribution < 1.29 is 4.39 Å². The first kappa shape index (κ1) is 15.7. The fourth-order valence-electron chi connectivity index (χ4n) is 3.27. The second-order valence-electron chi connectivity index (χ2n) is 6.00. The molecular weight excluding hydrogens is 261 g/mol. The summed E-state index contributed by atoms with van der Waals surface area (Å²) in [7, 11) is 1.96. The Balaban J connectivity index is 2.60. The van der Waals surface area contributed by atoms with E-state index in [1.165, 1.54) is 22.3 Å². The lowest BCUT2D eigenvalue weighted by Gasteiger charge is -2.23. The molecule has 0 spiro atoms. The molecule has 1 unspecified atom stereocenters. The van der Waals surface area contributed by atoms with Crippen LogP contribution in [-0.2, 0) is 0 Å². The molecule has 2 aromatic rings. The minimum atomic E-state index is -0.106. The van der Waals surface area contributed by atoms with Crippen LogP contribution in [0.4, 0.5) is 4.39 Å². The second-order valence-corrected chi connectivity index (χ2v) is 6.00. The molecule has 0 bridgehead atoms. The summed E-state index contributed by atoms with van der Waals surface area (Å²) in [6.07, 6.45) is 0. The average molecular weight is 285 g/mol. The first-order valence-electron chi connectivity index (χ1n) is 7.36. The van der Waals surface area contributed by atoms with E-state index >= 15 is 0 Å². The molecule has 2 rings (SSSR count). The van der Waals surface area contributed by atoms with E-state index < -0.39 is 0 Å². The third-order valence-electron chi connectivity index (χ3n) is 4.11. The molecule has 0 saturated heterocycles. The van der Waals surface area contributed by atoms with Gasteiger partial charge in [-0.3, -0.25) is 0 Å². The van der Waals surface area contributed by atoms with Gasteiger partial charge in [0, 0.05) is 0 Å². The first-order valence-corrected chi connectivity index (χ1v) is 7.36. The van der Waals surface area contributed by atoms with Gasteiger partial charge in [0.15, 0.2) is 0 Å². The van der Waals surface area contributed by atoms with E-state index in [0.29, 0.717) is 11.1 Å². The fraction of sp³-hybridized carbons (Fsp3) is 0.368. The summed E-state index contributed by atoms with van der Waals surface area (Å²) in [6, 6.07) is 8.39. The first-order chi connectivity index (χ1) is 9.85. The molecule has 0 radical (unpaired) electrons. The second kappa shape index (κ2) is 5.98. The topological polar surface area (TPSA) is 12.0 Å². The number of nitrogens with one attached hydrogen (secondary N) is 1. The highest BCUT2D eigenvalue weighted by Gasteiger charge is 2.18. The molecule has 112 valence electrons. The Morgan fingerprint density at radius 1 is 0.810 bits per heavy atom. The van der Waals surface area contributed by atoms with E-state index in [2.05, 4.69) is 38.2 Å². The zero-order chi connectivity index (χ0) is 15.7. The molecule has 0 aliphatic heterocycles. The Kier molecular flexibility index (Phi) is 4.48. The van der Waals surface area contributed by atoms with Crippen molar-refractivity contribution in [3.8, 4) is 0 Å². The molecule has 0 heterocycles. The highest BCUT2D eigenvalue weighted by molar-refractivity contribution is 5.45. The lowest BCUT2D eigenvalue weighted by molar-refractivity contribution is 0.604.